The lowest BCUT2D eigenvalue weighted by molar-refractivity contribution is -0.605. The first-order valence-corrected chi connectivity index (χ1v) is 7.61. The third kappa shape index (κ3) is 5.62. The van der Waals surface area contributed by atoms with E-state index in [0.29, 0.717) is 4.73 Å². The summed E-state index contributed by atoms with van der Waals surface area (Å²) in [4.78, 5) is 27.2. The molecule has 2 heterocycles. The molecule has 0 aliphatic carbocycles. The quantitative estimate of drug-likeness (QED) is 0.506. The fourth-order valence-electron chi connectivity index (χ4n) is 1.91. The van der Waals surface area contributed by atoms with Gasteiger partial charge in [-0.15, -0.1) is 0 Å². The van der Waals surface area contributed by atoms with Crippen molar-refractivity contribution in [3.8, 4) is 11.5 Å². The first-order chi connectivity index (χ1) is 12.2. The Bertz CT molecular complexity index is 816. The second-order valence-corrected chi connectivity index (χ2v) is 6.25. The van der Waals surface area contributed by atoms with Crippen molar-refractivity contribution < 1.29 is 28.5 Å². The van der Waals surface area contributed by atoms with Crippen LogP contribution in [0.4, 0.5) is 10.5 Å². The predicted octanol–water partition coefficient (Wildman–Crippen LogP) is 2.64. The molecule has 0 atom stereocenters. The summed E-state index contributed by atoms with van der Waals surface area (Å²) in [6.45, 7) is 5.17. The highest BCUT2D eigenvalue weighted by atomic mass is 16.6. The van der Waals surface area contributed by atoms with Gasteiger partial charge in [0.25, 0.3) is 0 Å². The molecule has 0 aromatic carbocycles. The number of carbonyl (C=O) groups excluding carboxylic acids is 2. The van der Waals surface area contributed by atoms with Crippen LogP contribution in [0.2, 0.25) is 0 Å². The van der Waals surface area contributed by atoms with Crippen molar-refractivity contribution in [3.63, 3.8) is 0 Å². The summed E-state index contributed by atoms with van der Waals surface area (Å²) in [5, 5.41) is 14.2. The minimum atomic E-state index is -0.705. The number of rotatable bonds is 4. The van der Waals surface area contributed by atoms with Gasteiger partial charge in [-0.05, 0) is 26.8 Å². The minimum absolute atomic E-state index is 0.136. The summed E-state index contributed by atoms with van der Waals surface area (Å²) >= 11 is 0. The third-order valence-electron chi connectivity index (χ3n) is 2.83. The minimum Gasteiger partial charge on any atom is -0.619 e. The number of esters is 1. The normalized spacial score (nSPS) is 10.8. The Labute approximate surface area is 150 Å². The molecule has 0 unspecified atom stereocenters. The van der Waals surface area contributed by atoms with E-state index in [9.17, 15) is 14.8 Å². The Morgan fingerprint density at radius 2 is 1.88 bits per heavy atom. The van der Waals surface area contributed by atoms with E-state index in [4.69, 9.17) is 9.47 Å². The molecule has 9 nitrogen and oxygen atoms in total. The van der Waals surface area contributed by atoms with Crippen molar-refractivity contribution in [2.45, 2.75) is 26.4 Å². The number of nitrogens with one attached hydrogen (secondary N) is 1. The van der Waals surface area contributed by atoms with Crippen molar-refractivity contribution >= 4 is 17.7 Å². The fourth-order valence-corrected chi connectivity index (χ4v) is 1.91. The Morgan fingerprint density at radius 1 is 1.15 bits per heavy atom. The highest BCUT2D eigenvalue weighted by Gasteiger charge is 2.18. The van der Waals surface area contributed by atoms with Crippen LogP contribution < -0.4 is 14.8 Å². The number of ether oxygens (including phenoxy) is 3. The molecule has 2 aromatic heterocycles. The van der Waals surface area contributed by atoms with Gasteiger partial charge in [-0.25, -0.2) is 9.59 Å². The molecule has 0 bridgehead atoms. The molecule has 9 heteroatoms. The average molecular weight is 361 g/mol. The van der Waals surface area contributed by atoms with Crippen molar-refractivity contribution in [1.29, 1.82) is 0 Å². The van der Waals surface area contributed by atoms with E-state index in [1.54, 1.807) is 20.8 Å². The van der Waals surface area contributed by atoms with Gasteiger partial charge in [0.1, 0.15) is 17.0 Å². The van der Waals surface area contributed by atoms with Gasteiger partial charge < -0.3 is 19.4 Å². The Kier molecular flexibility index (Phi) is 5.61. The molecule has 2 rings (SSSR count). The van der Waals surface area contributed by atoms with Crippen molar-refractivity contribution in [3.05, 3.63) is 47.7 Å². The number of amides is 1. The zero-order chi connectivity index (χ0) is 19.3. The fraction of sp³-hybridized carbons (Fsp3) is 0.294. The zero-order valence-electron chi connectivity index (χ0n) is 14.8. The molecule has 0 radical (unpaired) electrons. The molecule has 0 spiro atoms. The summed E-state index contributed by atoms with van der Waals surface area (Å²) in [6, 6.07) is 2.85. The summed E-state index contributed by atoms with van der Waals surface area (Å²) in [5.41, 5.74) is -0.294. The van der Waals surface area contributed by atoms with Gasteiger partial charge in [0.15, 0.2) is 5.75 Å². The molecule has 0 saturated carbocycles. The van der Waals surface area contributed by atoms with Crippen molar-refractivity contribution in [2.75, 3.05) is 12.4 Å². The van der Waals surface area contributed by atoms with Crippen LogP contribution in [0.1, 0.15) is 31.1 Å². The molecule has 0 aliphatic heterocycles. The predicted molar refractivity (Wildman–Crippen MR) is 90.9 cm³/mol. The number of hydrogen-bond donors (Lipinski definition) is 1. The van der Waals surface area contributed by atoms with E-state index in [1.807, 2.05) is 0 Å². The Morgan fingerprint density at radius 3 is 2.54 bits per heavy atom. The van der Waals surface area contributed by atoms with Crippen molar-refractivity contribution in [1.82, 2.24) is 4.98 Å². The lowest BCUT2D eigenvalue weighted by Crippen LogP contribution is -2.29. The largest absolute Gasteiger partial charge is 0.619 e. The molecule has 2 aromatic rings. The summed E-state index contributed by atoms with van der Waals surface area (Å²) in [6.07, 6.45) is 4.30. The van der Waals surface area contributed by atoms with Crippen LogP contribution in [0.5, 0.6) is 11.5 Å². The number of hydrogen-bond acceptors (Lipinski definition) is 7. The van der Waals surface area contributed by atoms with E-state index in [0.717, 1.165) is 12.4 Å². The Balaban J connectivity index is 2.17. The molecule has 0 saturated heterocycles. The zero-order valence-corrected chi connectivity index (χ0v) is 14.8. The van der Waals surface area contributed by atoms with E-state index in [1.165, 1.54) is 31.6 Å². The third-order valence-corrected chi connectivity index (χ3v) is 2.83. The average Bonchev–Trinajstić information content (AvgIpc) is 2.51. The van der Waals surface area contributed by atoms with Crippen LogP contribution in [0.15, 0.2) is 36.9 Å². The van der Waals surface area contributed by atoms with E-state index >= 15 is 0 Å². The van der Waals surface area contributed by atoms with Gasteiger partial charge in [-0.2, -0.15) is 4.73 Å². The summed E-state index contributed by atoms with van der Waals surface area (Å²) in [5.74, 6) is -0.207. The van der Waals surface area contributed by atoms with Gasteiger partial charge in [0, 0.05) is 12.3 Å². The molecule has 0 fully saturated rings. The van der Waals surface area contributed by atoms with Gasteiger partial charge in [-0.1, -0.05) is 0 Å². The molecule has 0 aliphatic rings. The van der Waals surface area contributed by atoms with Crippen molar-refractivity contribution in [2.24, 2.45) is 0 Å². The van der Waals surface area contributed by atoms with Crippen LogP contribution in [0, 0.1) is 5.21 Å². The number of aromatic nitrogens is 2. The van der Waals surface area contributed by atoms with Gasteiger partial charge in [-0.3, -0.25) is 10.3 Å². The molecular formula is C17H19N3O6. The van der Waals surface area contributed by atoms with E-state index in [2.05, 4.69) is 15.0 Å². The topological polar surface area (TPSA) is 114 Å². The number of carbonyl (C=O) groups is 2. The molecule has 1 amide bonds. The van der Waals surface area contributed by atoms with Crippen LogP contribution in [-0.4, -0.2) is 29.8 Å². The van der Waals surface area contributed by atoms with Crippen LogP contribution >= 0.6 is 0 Å². The maximum absolute atomic E-state index is 11.8. The Hall–Kier alpha value is -3.36. The number of nitrogens with zero attached hydrogens (tertiary/aromatic N) is 2. The second kappa shape index (κ2) is 7.68. The lowest BCUT2D eigenvalue weighted by Gasteiger charge is -2.19. The standard InChI is InChI=1S/C17H19N3O6/c1-17(2,3)26-16(22)19-12-6-14(10-20(23)9-12)25-13-5-11(7-18-8-13)15(21)24-4/h5-10H,1-4H3,(H,19,22). The van der Waals surface area contributed by atoms with E-state index in [-0.39, 0.29) is 22.7 Å². The highest BCUT2D eigenvalue weighted by molar-refractivity contribution is 5.89. The van der Waals surface area contributed by atoms with Crippen LogP contribution in [0.3, 0.4) is 0 Å². The summed E-state index contributed by atoms with van der Waals surface area (Å²) in [7, 11) is 1.25. The van der Waals surface area contributed by atoms with Gasteiger partial charge in [0.2, 0.25) is 12.4 Å². The first kappa shape index (κ1) is 19.0. The van der Waals surface area contributed by atoms with Gasteiger partial charge in [0.05, 0.1) is 18.9 Å². The number of anilines is 1. The van der Waals surface area contributed by atoms with Gasteiger partial charge >= 0.3 is 12.1 Å². The van der Waals surface area contributed by atoms with E-state index < -0.39 is 17.7 Å². The second-order valence-electron chi connectivity index (χ2n) is 6.25. The SMILES string of the molecule is COC(=O)c1cncc(Oc2cc(NC(=O)OC(C)(C)C)c[n+]([O-])c2)c1. The molecule has 1 N–H and O–H groups in total. The maximum Gasteiger partial charge on any atom is 0.412 e. The smallest absolute Gasteiger partial charge is 0.412 e. The number of pyridine rings is 2. The highest BCUT2D eigenvalue weighted by Crippen LogP contribution is 2.23. The van der Waals surface area contributed by atoms with Crippen LogP contribution in [-0.2, 0) is 9.47 Å². The summed E-state index contributed by atoms with van der Waals surface area (Å²) < 4.78 is 15.8. The lowest BCUT2D eigenvalue weighted by atomic mass is 10.2. The maximum atomic E-state index is 11.8. The van der Waals surface area contributed by atoms with Crippen LogP contribution in [0.25, 0.3) is 0 Å². The molecular weight excluding hydrogens is 342 g/mol. The molecule has 138 valence electrons. The molecule has 26 heavy (non-hydrogen) atoms. The monoisotopic (exact) mass is 361 g/mol. The number of methoxy groups -OCH3 is 1. The first-order valence-electron chi connectivity index (χ1n) is 7.61.